The zero-order chi connectivity index (χ0) is 17.1. The molecule has 1 fully saturated rings. The summed E-state index contributed by atoms with van der Waals surface area (Å²) in [5, 5.41) is 2.73. The highest BCUT2D eigenvalue weighted by molar-refractivity contribution is 9.10. The second-order valence-corrected chi connectivity index (χ2v) is 6.56. The van der Waals surface area contributed by atoms with Crippen LogP contribution in [0.15, 0.2) is 45.5 Å². The second-order valence-electron chi connectivity index (χ2n) is 5.78. The second kappa shape index (κ2) is 7.19. The molecular weight excluding hydrogens is 374 g/mol. The topological polar surface area (TPSA) is 88.6 Å². The van der Waals surface area contributed by atoms with E-state index in [4.69, 9.17) is 10.2 Å². The normalized spacial score (nSPS) is 17.1. The minimum Gasteiger partial charge on any atom is -0.444 e. The van der Waals surface area contributed by atoms with Gasteiger partial charge < -0.3 is 20.4 Å². The van der Waals surface area contributed by atoms with Gasteiger partial charge in [0.1, 0.15) is 0 Å². The molecule has 1 saturated heterocycles. The number of nitrogens with zero attached hydrogens (tertiary/aromatic N) is 1. The minimum absolute atomic E-state index is 0.00112. The van der Waals surface area contributed by atoms with E-state index in [1.165, 1.54) is 0 Å². The van der Waals surface area contributed by atoms with Gasteiger partial charge in [0.05, 0.1) is 0 Å². The van der Waals surface area contributed by atoms with Crippen molar-refractivity contribution < 1.29 is 14.0 Å². The lowest BCUT2D eigenvalue weighted by Gasteiger charge is -2.16. The van der Waals surface area contributed by atoms with Crippen molar-refractivity contribution >= 4 is 33.4 Å². The van der Waals surface area contributed by atoms with Crippen LogP contribution in [-0.4, -0.2) is 36.3 Å². The predicted octanol–water partition coefficient (Wildman–Crippen LogP) is 2.72. The van der Waals surface area contributed by atoms with Crippen molar-refractivity contribution in [1.82, 2.24) is 4.90 Å². The van der Waals surface area contributed by atoms with Crippen LogP contribution >= 0.6 is 15.9 Å². The number of nitrogens with two attached hydrogens (primary N) is 1. The number of rotatable bonds is 4. The van der Waals surface area contributed by atoms with Crippen LogP contribution in [0.3, 0.4) is 0 Å². The van der Waals surface area contributed by atoms with Crippen LogP contribution in [0, 0.1) is 5.92 Å². The van der Waals surface area contributed by atoms with Crippen LogP contribution in [0.5, 0.6) is 0 Å². The summed E-state index contributed by atoms with van der Waals surface area (Å²) < 4.78 is 5.70. The molecule has 1 aromatic heterocycles. The number of halogens is 1. The van der Waals surface area contributed by atoms with E-state index < -0.39 is 0 Å². The van der Waals surface area contributed by atoms with E-state index >= 15 is 0 Å². The average Bonchev–Trinajstić information content (AvgIpc) is 3.23. The van der Waals surface area contributed by atoms with Crippen molar-refractivity contribution in [2.24, 2.45) is 11.7 Å². The van der Waals surface area contributed by atoms with E-state index in [9.17, 15) is 9.59 Å². The van der Waals surface area contributed by atoms with Gasteiger partial charge in [-0.25, -0.2) is 0 Å². The van der Waals surface area contributed by atoms with E-state index in [1.807, 2.05) is 4.90 Å². The average molecular weight is 392 g/mol. The summed E-state index contributed by atoms with van der Waals surface area (Å²) >= 11 is 3.16. The first-order valence-corrected chi connectivity index (χ1v) is 8.52. The molecule has 2 aromatic rings. The lowest BCUT2D eigenvalue weighted by molar-refractivity contribution is 0.0787. The summed E-state index contributed by atoms with van der Waals surface area (Å²) in [4.78, 5) is 26.3. The van der Waals surface area contributed by atoms with Gasteiger partial charge in [-0.1, -0.05) is 0 Å². The fourth-order valence-electron chi connectivity index (χ4n) is 2.72. The van der Waals surface area contributed by atoms with Crippen molar-refractivity contribution in [2.45, 2.75) is 6.42 Å². The molecule has 6 nitrogen and oxygen atoms in total. The van der Waals surface area contributed by atoms with E-state index in [0.717, 1.165) is 13.0 Å². The Morgan fingerprint density at radius 2 is 2.00 bits per heavy atom. The summed E-state index contributed by atoms with van der Waals surface area (Å²) in [6.07, 6.45) is 0.953. The molecule has 1 atom stereocenters. The first-order valence-electron chi connectivity index (χ1n) is 7.73. The van der Waals surface area contributed by atoms with Gasteiger partial charge in [0.25, 0.3) is 11.8 Å². The predicted molar refractivity (Wildman–Crippen MR) is 93.9 cm³/mol. The van der Waals surface area contributed by atoms with Crippen molar-refractivity contribution in [2.75, 3.05) is 25.0 Å². The number of furan rings is 1. The maximum atomic E-state index is 12.4. The lowest BCUT2D eigenvalue weighted by Crippen LogP contribution is -2.29. The fraction of sp³-hybridized carbons (Fsp3) is 0.294. The number of nitrogens with one attached hydrogen (secondary N) is 1. The van der Waals surface area contributed by atoms with Crippen molar-refractivity contribution in [1.29, 1.82) is 0 Å². The van der Waals surface area contributed by atoms with E-state index in [0.29, 0.717) is 34.9 Å². The number of carbonyl (C=O) groups excluding carboxylic acids is 2. The SMILES string of the molecule is NCC1CCN(C(=O)c2ccc(NC(=O)c3ccc(Br)o3)cc2)C1. The monoisotopic (exact) mass is 391 g/mol. The van der Waals surface area contributed by atoms with Crippen LogP contribution in [0.4, 0.5) is 5.69 Å². The fourth-order valence-corrected chi connectivity index (χ4v) is 3.02. The van der Waals surface area contributed by atoms with E-state index in [2.05, 4.69) is 21.2 Å². The number of likely N-dealkylation sites (tertiary alicyclic amines) is 1. The first-order chi connectivity index (χ1) is 11.6. The number of hydrogen-bond donors (Lipinski definition) is 2. The number of anilines is 1. The summed E-state index contributed by atoms with van der Waals surface area (Å²) in [6.45, 7) is 2.06. The zero-order valence-electron chi connectivity index (χ0n) is 13.0. The van der Waals surface area contributed by atoms with Gasteiger partial charge in [-0.2, -0.15) is 0 Å². The quantitative estimate of drug-likeness (QED) is 0.838. The molecule has 24 heavy (non-hydrogen) atoms. The number of benzene rings is 1. The molecule has 0 saturated carbocycles. The maximum absolute atomic E-state index is 12.4. The molecule has 2 heterocycles. The van der Waals surface area contributed by atoms with Crippen LogP contribution < -0.4 is 11.1 Å². The van der Waals surface area contributed by atoms with E-state index in [-0.39, 0.29) is 17.6 Å². The molecule has 1 aliphatic heterocycles. The van der Waals surface area contributed by atoms with Crippen LogP contribution in [0.2, 0.25) is 0 Å². The Labute approximate surface area is 148 Å². The molecular formula is C17H18BrN3O3. The molecule has 0 spiro atoms. The Morgan fingerprint density at radius 3 is 2.58 bits per heavy atom. The zero-order valence-corrected chi connectivity index (χ0v) is 14.6. The van der Waals surface area contributed by atoms with Gasteiger partial charge in [0.15, 0.2) is 10.4 Å². The van der Waals surface area contributed by atoms with Crippen LogP contribution in [0.25, 0.3) is 0 Å². The maximum Gasteiger partial charge on any atom is 0.291 e. The third-order valence-corrected chi connectivity index (χ3v) is 4.52. The number of carbonyl (C=O) groups is 2. The van der Waals surface area contributed by atoms with Gasteiger partial charge in [-0.05, 0) is 71.2 Å². The smallest absolute Gasteiger partial charge is 0.291 e. The molecule has 1 aliphatic rings. The Morgan fingerprint density at radius 1 is 1.25 bits per heavy atom. The number of amides is 2. The summed E-state index contributed by atoms with van der Waals surface area (Å²) in [6, 6.07) is 10.1. The highest BCUT2D eigenvalue weighted by Crippen LogP contribution is 2.20. The lowest BCUT2D eigenvalue weighted by atomic mass is 10.1. The molecule has 1 unspecified atom stereocenters. The Bertz CT molecular complexity index is 742. The molecule has 126 valence electrons. The van der Waals surface area contributed by atoms with Crippen LogP contribution in [0.1, 0.15) is 27.3 Å². The molecule has 3 rings (SSSR count). The Kier molecular flexibility index (Phi) is 5.01. The third-order valence-electron chi connectivity index (χ3n) is 4.09. The Hall–Kier alpha value is -2.12. The van der Waals surface area contributed by atoms with Crippen molar-refractivity contribution in [3.05, 3.63) is 52.4 Å². The molecule has 2 amide bonds. The molecule has 1 aromatic carbocycles. The highest BCUT2D eigenvalue weighted by Gasteiger charge is 2.25. The molecule has 0 aliphatic carbocycles. The summed E-state index contributed by atoms with van der Waals surface area (Å²) in [5.74, 6) is 0.260. The summed E-state index contributed by atoms with van der Waals surface area (Å²) in [7, 11) is 0. The van der Waals surface area contributed by atoms with Gasteiger partial charge >= 0.3 is 0 Å². The Balaban J connectivity index is 1.63. The van der Waals surface area contributed by atoms with E-state index in [1.54, 1.807) is 36.4 Å². The highest BCUT2D eigenvalue weighted by atomic mass is 79.9. The molecule has 7 heteroatoms. The van der Waals surface area contributed by atoms with Gasteiger partial charge in [-0.3, -0.25) is 9.59 Å². The number of hydrogen-bond acceptors (Lipinski definition) is 4. The van der Waals surface area contributed by atoms with Gasteiger partial charge in [0.2, 0.25) is 0 Å². The largest absolute Gasteiger partial charge is 0.444 e. The molecule has 0 radical (unpaired) electrons. The minimum atomic E-state index is -0.342. The molecule has 0 bridgehead atoms. The van der Waals surface area contributed by atoms with Crippen molar-refractivity contribution in [3.8, 4) is 0 Å². The molecule has 3 N–H and O–H groups in total. The van der Waals surface area contributed by atoms with Gasteiger partial charge in [0, 0.05) is 24.3 Å². The first kappa shape index (κ1) is 16.7. The standard InChI is InChI=1S/C17H18BrN3O3/c18-15-6-5-14(24-15)16(22)20-13-3-1-12(2-4-13)17(23)21-8-7-11(9-19)10-21/h1-6,11H,7-10,19H2,(H,20,22). The summed E-state index contributed by atoms with van der Waals surface area (Å²) in [5.41, 5.74) is 6.87. The van der Waals surface area contributed by atoms with Gasteiger partial charge in [-0.15, -0.1) is 0 Å². The third kappa shape index (κ3) is 3.68. The van der Waals surface area contributed by atoms with Crippen LogP contribution in [-0.2, 0) is 0 Å². The van der Waals surface area contributed by atoms with Crippen molar-refractivity contribution in [3.63, 3.8) is 0 Å².